The molecule has 0 fully saturated rings. The molecule has 1 atom stereocenters. The summed E-state index contributed by atoms with van der Waals surface area (Å²) in [6.45, 7) is 4.22. The molecule has 0 radical (unpaired) electrons. The highest BCUT2D eigenvalue weighted by molar-refractivity contribution is 7.11. The number of nitrogens with zero attached hydrogens (tertiary/aromatic N) is 1. The summed E-state index contributed by atoms with van der Waals surface area (Å²) in [4.78, 5) is 6.00. The molecule has 2 N–H and O–H groups in total. The van der Waals surface area contributed by atoms with Gasteiger partial charge in [-0.2, -0.15) is 0 Å². The Morgan fingerprint density at radius 2 is 2.05 bits per heavy atom. The molecule has 1 aromatic carbocycles. The van der Waals surface area contributed by atoms with Gasteiger partial charge in [-0.3, -0.25) is 0 Å². The molecule has 1 heterocycles. The van der Waals surface area contributed by atoms with Gasteiger partial charge in [0, 0.05) is 16.8 Å². The number of aryl methyl sites for hydroxylation is 3. The number of rotatable bonds is 2. The van der Waals surface area contributed by atoms with Crippen LogP contribution in [0.3, 0.4) is 0 Å². The van der Waals surface area contributed by atoms with E-state index in [1.165, 1.54) is 33.9 Å². The number of hydrogen-bond acceptors (Lipinski definition) is 3. The van der Waals surface area contributed by atoms with E-state index in [2.05, 4.69) is 38.1 Å². The maximum atomic E-state index is 6.83. The zero-order chi connectivity index (χ0) is 14.2. The van der Waals surface area contributed by atoms with Gasteiger partial charge in [-0.25, -0.2) is 4.98 Å². The number of thiazole rings is 1. The van der Waals surface area contributed by atoms with Gasteiger partial charge in [0.05, 0.1) is 10.7 Å². The van der Waals surface area contributed by atoms with Crippen molar-refractivity contribution in [2.75, 3.05) is 0 Å². The van der Waals surface area contributed by atoms with Gasteiger partial charge < -0.3 is 5.73 Å². The Bertz CT molecular complexity index is 598. The van der Waals surface area contributed by atoms with E-state index in [0.717, 1.165) is 25.0 Å². The van der Waals surface area contributed by atoms with Crippen LogP contribution in [0, 0.1) is 13.8 Å². The zero-order valence-corrected chi connectivity index (χ0v) is 13.1. The van der Waals surface area contributed by atoms with Gasteiger partial charge in [0.1, 0.15) is 0 Å². The Kier molecular flexibility index (Phi) is 3.65. The van der Waals surface area contributed by atoms with Crippen LogP contribution in [0.15, 0.2) is 24.3 Å². The summed E-state index contributed by atoms with van der Waals surface area (Å²) in [7, 11) is 0. The third-order valence-corrected chi connectivity index (χ3v) is 5.49. The first-order chi connectivity index (χ1) is 9.58. The maximum Gasteiger partial charge on any atom is 0.0952 e. The lowest BCUT2D eigenvalue weighted by molar-refractivity contribution is 0.398. The smallest absolute Gasteiger partial charge is 0.0952 e. The Hall–Kier alpha value is -1.19. The highest BCUT2D eigenvalue weighted by Crippen LogP contribution is 2.35. The monoisotopic (exact) mass is 286 g/mol. The molecule has 2 aromatic rings. The molecule has 2 nitrogen and oxygen atoms in total. The van der Waals surface area contributed by atoms with Crippen LogP contribution < -0.4 is 5.73 Å². The predicted octanol–water partition coefficient (Wildman–Crippen LogP) is 3.88. The number of fused-ring (bicyclic) bond motifs is 1. The summed E-state index contributed by atoms with van der Waals surface area (Å²) in [6, 6.07) is 8.70. The Morgan fingerprint density at radius 1 is 1.25 bits per heavy atom. The minimum Gasteiger partial charge on any atom is -0.321 e. The molecule has 3 heteroatoms. The van der Waals surface area contributed by atoms with Crippen molar-refractivity contribution in [1.82, 2.24) is 4.98 Å². The van der Waals surface area contributed by atoms with E-state index in [9.17, 15) is 0 Å². The summed E-state index contributed by atoms with van der Waals surface area (Å²) in [5.41, 5.74) is 10.5. The molecule has 1 aliphatic carbocycles. The summed E-state index contributed by atoms with van der Waals surface area (Å²) >= 11 is 1.80. The maximum absolute atomic E-state index is 6.83. The van der Waals surface area contributed by atoms with E-state index in [1.807, 2.05) is 0 Å². The first kappa shape index (κ1) is 13.8. The van der Waals surface area contributed by atoms with Crippen LogP contribution >= 0.6 is 11.3 Å². The molecular formula is C17H22N2S. The van der Waals surface area contributed by atoms with Crippen LogP contribution in [0.4, 0.5) is 0 Å². The fraction of sp³-hybridized carbons (Fsp3) is 0.471. The second-order valence-electron chi connectivity index (χ2n) is 5.95. The van der Waals surface area contributed by atoms with Crippen LogP contribution in [0.5, 0.6) is 0 Å². The quantitative estimate of drug-likeness (QED) is 0.851. The topological polar surface area (TPSA) is 38.9 Å². The minimum absolute atomic E-state index is 0.246. The summed E-state index contributed by atoms with van der Waals surface area (Å²) in [5, 5.41) is 1.18. The van der Waals surface area contributed by atoms with Crippen molar-refractivity contribution in [1.29, 1.82) is 0 Å². The predicted molar refractivity (Wildman–Crippen MR) is 85.2 cm³/mol. The van der Waals surface area contributed by atoms with Crippen LogP contribution in [0.25, 0.3) is 0 Å². The lowest BCUT2D eigenvalue weighted by atomic mass is 9.83. The third-order valence-electron chi connectivity index (χ3n) is 4.41. The average molecular weight is 286 g/mol. The van der Waals surface area contributed by atoms with E-state index in [-0.39, 0.29) is 5.54 Å². The molecule has 1 aliphatic rings. The van der Waals surface area contributed by atoms with E-state index < -0.39 is 0 Å². The van der Waals surface area contributed by atoms with E-state index in [4.69, 9.17) is 10.7 Å². The van der Waals surface area contributed by atoms with Crippen molar-refractivity contribution in [2.24, 2.45) is 5.73 Å². The van der Waals surface area contributed by atoms with Crippen molar-refractivity contribution in [3.05, 3.63) is 51.0 Å². The van der Waals surface area contributed by atoms with Crippen molar-refractivity contribution >= 4 is 11.3 Å². The minimum atomic E-state index is -0.246. The molecule has 0 spiro atoms. The standard InChI is InChI=1S/C17H22N2S/c1-12-13(2)20-16(19-12)11-17(18)10-6-5-8-14-7-3-4-9-15(14)17/h3-4,7,9H,5-6,8,10-11,18H2,1-2H3. The Balaban J connectivity index is 1.97. The number of hydrogen-bond donors (Lipinski definition) is 1. The molecule has 3 rings (SSSR count). The second-order valence-corrected chi connectivity index (χ2v) is 7.23. The number of aromatic nitrogens is 1. The first-order valence-electron chi connectivity index (χ1n) is 7.39. The molecule has 0 saturated heterocycles. The van der Waals surface area contributed by atoms with Crippen LogP contribution in [0.2, 0.25) is 0 Å². The van der Waals surface area contributed by atoms with Crippen molar-refractivity contribution < 1.29 is 0 Å². The van der Waals surface area contributed by atoms with Gasteiger partial charge in [-0.1, -0.05) is 30.7 Å². The van der Waals surface area contributed by atoms with Crippen molar-refractivity contribution in [3.63, 3.8) is 0 Å². The van der Waals surface area contributed by atoms with Gasteiger partial charge in [0.2, 0.25) is 0 Å². The summed E-state index contributed by atoms with van der Waals surface area (Å²) in [6.07, 6.45) is 5.52. The molecule has 0 saturated carbocycles. The Morgan fingerprint density at radius 3 is 2.80 bits per heavy atom. The Labute approximate surface area is 125 Å². The van der Waals surface area contributed by atoms with Crippen LogP contribution in [-0.2, 0) is 18.4 Å². The van der Waals surface area contributed by atoms with E-state index in [1.54, 1.807) is 11.3 Å². The normalized spacial score (nSPS) is 22.4. The molecule has 20 heavy (non-hydrogen) atoms. The molecule has 1 aromatic heterocycles. The summed E-state index contributed by atoms with van der Waals surface area (Å²) in [5.74, 6) is 0. The van der Waals surface area contributed by atoms with Crippen molar-refractivity contribution in [3.8, 4) is 0 Å². The van der Waals surface area contributed by atoms with Gasteiger partial charge in [0.15, 0.2) is 0 Å². The molecule has 1 unspecified atom stereocenters. The van der Waals surface area contributed by atoms with E-state index >= 15 is 0 Å². The molecule has 106 valence electrons. The first-order valence-corrected chi connectivity index (χ1v) is 8.20. The molecular weight excluding hydrogens is 264 g/mol. The lowest BCUT2D eigenvalue weighted by Gasteiger charge is -2.29. The molecule has 0 bridgehead atoms. The fourth-order valence-corrected chi connectivity index (χ4v) is 4.24. The van der Waals surface area contributed by atoms with Crippen LogP contribution in [-0.4, -0.2) is 4.98 Å². The average Bonchev–Trinajstić information content (AvgIpc) is 2.64. The van der Waals surface area contributed by atoms with Gasteiger partial charge in [-0.05, 0) is 44.2 Å². The molecule has 0 amide bonds. The van der Waals surface area contributed by atoms with Gasteiger partial charge >= 0.3 is 0 Å². The largest absolute Gasteiger partial charge is 0.321 e. The highest BCUT2D eigenvalue weighted by Gasteiger charge is 2.32. The lowest BCUT2D eigenvalue weighted by Crippen LogP contribution is -2.39. The summed E-state index contributed by atoms with van der Waals surface area (Å²) < 4.78 is 0. The number of nitrogens with two attached hydrogens (primary N) is 1. The second kappa shape index (κ2) is 5.30. The third kappa shape index (κ3) is 2.52. The van der Waals surface area contributed by atoms with E-state index in [0.29, 0.717) is 0 Å². The fourth-order valence-electron chi connectivity index (χ4n) is 3.18. The van der Waals surface area contributed by atoms with Crippen LogP contribution in [0.1, 0.15) is 46.0 Å². The SMILES string of the molecule is Cc1nc(CC2(N)CCCCc3ccccc32)sc1C. The van der Waals surface area contributed by atoms with Gasteiger partial charge in [0.25, 0.3) is 0 Å². The number of benzene rings is 1. The van der Waals surface area contributed by atoms with Gasteiger partial charge in [-0.15, -0.1) is 11.3 Å². The van der Waals surface area contributed by atoms with Crippen molar-refractivity contribution in [2.45, 2.75) is 51.5 Å². The molecule has 0 aliphatic heterocycles. The zero-order valence-electron chi connectivity index (χ0n) is 12.3. The highest BCUT2D eigenvalue weighted by atomic mass is 32.1.